The molecule has 2 aromatic carbocycles. The molecule has 1 atom stereocenters. The molecule has 0 aliphatic heterocycles. The van der Waals surface area contributed by atoms with Gasteiger partial charge in [0.05, 0.1) is 23.7 Å². The van der Waals surface area contributed by atoms with Gasteiger partial charge in [0.2, 0.25) is 11.1 Å². The first-order valence-corrected chi connectivity index (χ1v) is 8.92. The lowest BCUT2D eigenvalue weighted by atomic mass is 10.2. The van der Waals surface area contributed by atoms with Crippen molar-refractivity contribution in [2.45, 2.75) is 24.3 Å². The highest BCUT2D eigenvalue weighted by Crippen LogP contribution is 2.27. The number of aromatic nitrogens is 4. The van der Waals surface area contributed by atoms with Gasteiger partial charge in [-0.15, -0.1) is 5.10 Å². The second-order valence-electron chi connectivity index (χ2n) is 5.66. The predicted octanol–water partition coefficient (Wildman–Crippen LogP) is 3.10. The van der Waals surface area contributed by atoms with Crippen molar-refractivity contribution >= 4 is 23.4 Å². The van der Waals surface area contributed by atoms with Gasteiger partial charge in [-0.1, -0.05) is 36.0 Å². The van der Waals surface area contributed by atoms with Gasteiger partial charge < -0.3 is 10.1 Å². The van der Waals surface area contributed by atoms with E-state index in [1.165, 1.54) is 11.8 Å². The Balaban J connectivity index is 1.73. The number of hydrogen-bond donors (Lipinski definition) is 1. The summed E-state index contributed by atoms with van der Waals surface area (Å²) in [4.78, 5) is 12.5. The summed E-state index contributed by atoms with van der Waals surface area (Å²) in [6.45, 7) is 3.81. The first-order chi connectivity index (χ1) is 12.6. The molecule has 3 rings (SSSR count). The number of para-hydroxylation sites is 2. The maximum atomic E-state index is 12.5. The molecular weight excluding hydrogens is 350 g/mol. The van der Waals surface area contributed by atoms with Crippen LogP contribution in [0.15, 0.2) is 53.7 Å². The van der Waals surface area contributed by atoms with Crippen LogP contribution >= 0.6 is 11.8 Å². The Morgan fingerprint density at radius 1 is 1.23 bits per heavy atom. The summed E-state index contributed by atoms with van der Waals surface area (Å²) in [6, 6.07) is 15.1. The van der Waals surface area contributed by atoms with Gasteiger partial charge >= 0.3 is 0 Å². The van der Waals surface area contributed by atoms with Crippen molar-refractivity contribution in [3.63, 3.8) is 0 Å². The van der Waals surface area contributed by atoms with E-state index in [9.17, 15) is 4.79 Å². The monoisotopic (exact) mass is 369 g/mol. The quantitative estimate of drug-likeness (QED) is 0.673. The number of thioether (sulfide) groups is 1. The van der Waals surface area contributed by atoms with Gasteiger partial charge in [-0.25, -0.2) is 0 Å². The van der Waals surface area contributed by atoms with Crippen LogP contribution in [-0.2, 0) is 4.79 Å². The summed E-state index contributed by atoms with van der Waals surface area (Å²) in [5.41, 5.74) is 2.59. The number of nitrogens with zero attached hydrogens (tertiary/aromatic N) is 4. The van der Waals surface area contributed by atoms with Crippen molar-refractivity contribution in [1.29, 1.82) is 0 Å². The third-order valence-electron chi connectivity index (χ3n) is 3.70. The highest BCUT2D eigenvalue weighted by molar-refractivity contribution is 8.00. The van der Waals surface area contributed by atoms with Crippen LogP contribution in [-0.4, -0.2) is 38.5 Å². The Kier molecular flexibility index (Phi) is 5.52. The first kappa shape index (κ1) is 17.9. The molecule has 0 bridgehead atoms. The molecule has 1 amide bonds. The number of amides is 1. The van der Waals surface area contributed by atoms with Gasteiger partial charge in [0.15, 0.2) is 0 Å². The fourth-order valence-corrected chi connectivity index (χ4v) is 3.18. The van der Waals surface area contributed by atoms with Crippen LogP contribution in [0.5, 0.6) is 5.75 Å². The molecule has 3 aromatic rings. The Hall–Kier alpha value is -2.87. The summed E-state index contributed by atoms with van der Waals surface area (Å²) < 4.78 is 6.89. The van der Waals surface area contributed by atoms with Gasteiger partial charge in [0, 0.05) is 0 Å². The summed E-state index contributed by atoms with van der Waals surface area (Å²) in [6.07, 6.45) is 0. The maximum absolute atomic E-state index is 12.5. The fraction of sp³-hybridized carbons (Fsp3) is 0.222. The van der Waals surface area contributed by atoms with Crippen molar-refractivity contribution in [3.05, 3.63) is 54.1 Å². The number of carbonyl (C=O) groups is 1. The minimum Gasteiger partial charge on any atom is -0.495 e. The van der Waals surface area contributed by atoms with Crippen LogP contribution in [0.4, 0.5) is 5.69 Å². The Labute approximate surface area is 155 Å². The molecule has 0 aliphatic carbocycles. The molecule has 1 heterocycles. The molecule has 0 fully saturated rings. The zero-order valence-electron chi connectivity index (χ0n) is 14.7. The van der Waals surface area contributed by atoms with Crippen LogP contribution in [0.1, 0.15) is 12.5 Å². The van der Waals surface area contributed by atoms with Gasteiger partial charge in [-0.2, -0.15) is 4.68 Å². The van der Waals surface area contributed by atoms with E-state index < -0.39 is 5.25 Å². The number of tetrazole rings is 1. The van der Waals surface area contributed by atoms with E-state index in [2.05, 4.69) is 20.8 Å². The number of ether oxygens (including phenoxy) is 1. The molecule has 0 saturated heterocycles. The molecule has 1 unspecified atom stereocenters. The Morgan fingerprint density at radius 3 is 2.81 bits per heavy atom. The summed E-state index contributed by atoms with van der Waals surface area (Å²) in [5.74, 6) is 0.459. The Morgan fingerprint density at radius 2 is 2.04 bits per heavy atom. The minimum atomic E-state index is -0.394. The lowest BCUT2D eigenvalue weighted by molar-refractivity contribution is -0.115. The van der Waals surface area contributed by atoms with E-state index in [0.29, 0.717) is 16.6 Å². The second kappa shape index (κ2) is 8.01. The molecule has 26 heavy (non-hydrogen) atoms. The van der Waals surface area contributed by atoms with Crippen molar-refractivity contribution in [1.82, 2.24) is 20.2 Å². The number of benzene rings is 2. The fourth-order valence-electron chi connectivity index (χ4n) is 2.37. The van der Waals surface area contributed by atoms with E-state index in [-0.39, 0.29) is 5.91 Å². The number of anilines is 1. The molecule has 0 radical (unpaired) electrons. The predicted molar refractivity (Wildman–Crippen MR) is 101 cm³/mol. The maximum Gasteiger partial charge on any atom is 0.237 e. The van der Waals surface area contributed by atoms with E-state index in [1.54, 1.807) is 23.9 Å². The number of carbonyl (C=O) groups excluding carboxylic acids is 1. The number of aryl methyl sites for hydroxylation is 1. The lowest BCUT2D eigenvalue weighted by Crippen LogP contribution is -2.23. The van der Waals surface area contributed by atoms with Crippen molar-refractivity contribution in [3.8, 4) is 11.4 Å². The van der Waals surface area contributed by atoms with Crippen LogP contribution < -0.4 is 10.1 Å². The summed E-state index contributed by atoms with van der Waals surface area (Å²) in [7, 11) is 1.57. The topological polar surface area (TPSA) is 81.9 Å². The SMILES string of the molecule is COc1ccccc1NC(=O)C(C)Sc1nnnn1-c1cccc(C)c1. The first-order valence-electron chi connectivity index (χ1n) is 8.04. The highest BCUT2D eigenvalue weighted by atomic mass is 32.2. The van der Waals surface area contributed by atoms with Gasteiger partial charge in [0.1, 0.15) is 5.75 Å². The zero-order chi connectivity index (χ0) is 18.5. The van der Waals surface area contributed by atoms with Gasteiger partial charge in [0.25, 0.3) is 0 Å². The molecule has 0 aliphatic rings. The lowest BCUT2D eigenvalue weighted by Gasteiger charge is -2.13. The normalized spacial score (nSPS) is 11.8. The van der Waals surface area contributed by atoms with Crippen LogP contribution in [0.3, 0.4) is 0 Å². The van der Waals surface area contributed by atoms with E-state index in [1.807, 2.05) is 50.2 Å². The number of hydrogen-bond acceptors (Lipinski definition) is 6. The van der Waals surface area contributed by atoms with Crippen molar-refractivity contribution in [2.24, 2.45) is 0 Å². The molecule has 1 N–H and O–H groups in total. The molecule has 0 spiro atoms. The molecule has 134 valence electrons. The van der Waals surface area contributed by atoms with Gasteiger partial charge in [-0.3, -0.25) is 4.79 Å². The summed E-state index contributed by atoms with van der Waals surface area (Å²) in [5, 5.41) is 14.9. The van der Waals surface area contributed by atoms with E-state index in [4.69, 9.17) is 4.74 Å². The average Bonchev–Trinajstić information content (AvgIpc) is 3.10. The Bertz CT molecular complexity index is 912. The van der Waals surface area contributed by atoms with Crippen LogP contribution in [0, 0.1) is 6.92 Å². The summed E-state index contributed by atoms with van der Waals surface area (Å²) >= 11 is 1.29. The van der Waals surface area contributed by atoms with Crippen molar-refractivity contribution in [2.75, 3.05) is 12.4 Å². The van der Waals surface area contributed by atoms with E-state index in [0.717, 1.165) is 11.3 Å². The molecule has 1 aromatic heterocycles. The average molecular weight is 369 g/mol. The second-order valence-corrected chi connectivity index (χ2v) is 6.97. The number of nitrogens with one attached hydrogen (secondary N) is 1. The molecule has 8 heteroatoms. The standard InChI is InChI=1S/C18H19N5O2S/c1-12-7-6-8-14(11-12)23-18(20-21-22-23)26-13(2)17(24)19-15-9-4-5-10-16(15)25-3/h4-11,13H,1-3H3,(H,19,24). The third kappa shape index (κ3) is 4.02. The third-order valence-corrected chi connectivity index (χ3v) is 4.74. The minimum absolute atomic E-state index is 0.154. The van der Waals surface area contributed by atoms with Crippen LogP contribution in [0.25, 0.3) is 5.69 Å². The largest absolute Gasteiger partial charge is 0.495 e. The number of rotatable bonds is 6. The number of methoxy groups -OCH3 is 1. The van der Waals surface area contributed by atoms with E-state index >= 15 is 0 Å². The molecule has 7 nitrogen and oxygen atoms in total. The van der Waals surface area contributed by atoms with Crippen LogP contribution in [0.2, 0.25) is 0 Å². The zero-order valence-corrected chi connectivity index (χ0v) is 15.5. The molecular formula is C18H19N5O2S. The highest BCUT2D eigenvalue weighted by Gasteiger charge is 2.20. The van der Waals surface area contributed by atoms with Gasteiger partial charge in [-0.05, 0) is 54.1 Å². The van der Waals surface area contributed by atoms with Crippen molar-refractivity contribution < 1.29 is 9.53 Å². The molecule has 0 saturated carbocycles. The smallest absolute Gasteiger partial charge is 0.237 e.